The number of nitrogens with one attached hydrogen (secondary N) is 1. The van der Waals surface area contributed by atoms with Gasteiger partial charge in [0, 0.05) is 0 Å². The van der Waals surface area contributed by atoms with E-state index < -0.39 is 22.0 Å². The van der Waals surface area contributed by atoms with Crippen LogP contribution in [0.15, 0.2) is 29.2 Å². The molecule has 4 N–H and O–H groups in total. The third kappa shape index (κ3) is 3.95. The molecule has 21 heavy (non-hydrogen) atoms. The van der Waals surface area contributed by atoms with Gasteiger partial charge < -0.3 is 10.4 Å². The summed E-state index contributed by atoms with van der Waals surface area (Å²) in [6, 6.07) is 5.32. The van der Waals surface area contributed by atoms with E-state index in [4.69, 9.17) is 5.14 Å². The molecule has 116 valence electrons. The smallest absolute Gasteiger partial charge is 0.326 e. The second kappa shape index (κ2) is 6.44. The number of hydrogen-bond donors (Lipinski definition) is 3. The van der Waals surface area contributed by atoms with Gasteiger partial charge in [-0.15, -0.1) is 0 Å². The maximum absolute atomic E-state index is 11.6. The molecule has 1 fully saturated rings. The maximum atomic E-state index is 11.6. The lowest BCUT2D eigenvalue weighted by molar-refractivity contribution is -0.139. The molecule has 0 radical (unpaired) electrons. The van der Waals surface area contributed by atoms with Gasteiger partial charge in [0.15, 0.2) is 0 Å². The first-order chi connectivity index (χ1) is 9.89. The summed E-state index contributed by atoms with van der Waals surface area (Å²) in [5, 5.41) is 17.5. The molecular weight excluding hydrogens is 292 g/mol. The highest BCUT2D eigenvalue weighted by Gasteiger charge is 2.30. The minimum atomic E-state index is -3.89. The van der Waals surface area contributed by atoms with E-state index in [-0.39, 0.29) is 16.5 Å². The Hall–Kier alpha value is -1.60. The summed E-state index contributed by atoms with van der Waals surface area (Å²) in [6.45, 7) is 0. The number of aliphatic carboxylic acids is 1. The molecule has 1 aromatic rings. The van der Waals surface area contributed by atoms with E-state index >= 15 is 0 Å². The Balaban J connectivity index is 2.27. The molecule has 0 heterocycles. The molecule has 7 heteroatoms. The van der Waals surface area contributed by atoms with E-state index in [9.17, 15) is 18.3 Å². The topological polar surface area (TPSA) is 109 Å². The summed E-state index contributed by atoms with van der Waals surface area (Å²) in [5.41, 5.74) is 0.248. The average Bonchev–Trinajstić information content (AvgIpc) is 2.44. The van der Waals surface area contributed by atoms with Crippen LogP contribution < -0.4 is 10.5 Å². The number of primary sulfonamides is 1. The Morgan fingerprint density at radius 3 is 2.43 bits per heavy atom. The van der Waals surface area contributed by atoms with Gasteiger partial charge in [0.2, 0.25) is 10.0 Å². The summed E-state index contributed by atoms with van der Waals surface area (Å²) in [6.07, 6.45) is 4.81. The average molecular weight is 312 g/mol. The highest BCUT2D eigenvalue weighted by molar-refractivity contribution is 7.89. The number of sulfonamides is 1. The molecule has 0 aromatic heterocycles. The van der Waals surface area contributed by atoms with Crippen molar-refractivity contribution in [3.63, 3.8) is 0 Å². The van der Waals surface area contributed by atoms with Crippen molar-refractivity contribution in [1.29, 1.82) is 0 Å². The minimum absolute atomic E-state index is 0.00443. The fourth-order valence-electron chi connectivity index (χ4n) is 2.85. The fourth-order valence-corrected chi connectivity index (χ4v) is 3.55. The quantitative estimate of drug-likeness (QED) is 0.767. The molecule has 0 amide bonds. The van der Waals surface area contributed by atoms with Crippen molar-refractivity contribution in [1.82, 2.24) is 0 Å². The van der Waals surface area contributed by atoms with Crippen molar-refractivity contribution >= 4 is 21.7 Å². The third-order valence-corrected chi connectivity index (χ3v) is 4.86. The first-order valence-corrected chi connectivity index (χ1v) is 8.55. The zero-order valence-corrected chi connectivity index (χ0v) is 12.5. The molecule has 1 aromatic carbocycles. The van der Waals surface area contributed by atoms with Crippen LogP contribution in [-0.4, -0.2) is 25.5 Å². The number of benzene rings is 1. The Kier molecular flexibility index (Phi) is 4.84. The molecule has 0 bridgehead atoms. The Bertz CT molecular complexity index is 609. The number of nitrogens with two attached hydrogens (primary N) is 1. The van der Waals surface area contributed by atoms with Crippen molar-refractivity contribution in [3.05, 3.63) is 24.3 Å². The van der Waals surface area contributed by atoms with Crippen LogP contribution in [0.1, 0.15) is 32.1 Å². The molecular formula is C14H20N2O4S. The van der Waals surface area contributed by atoms with Crippen molar-refractivity contribution in [2.24, 2.45) is 11.1 Å². The molecule has 1 aliphatic rings. The van der Waals surface area contributed by atoms with Crippen LogP contribution >= 0.6 is 0 Å². The van der Waals surface area contributed by atoms with Crippen molar-refractivity contribution < 1.29 is 18.3 Å². The summed E-state index contributed by atoms with van der Waals surface area (Å²) >= 11 is 0. The van der Waals surface area contributed by atoms with Gasteiger partial charge in [-0.2, -0.15) is 0 Å². The van der Waals surface area contributed by atoms with Crippen LogP contribution in [0, 0.1) is 5.92 Å². The molecule has 0 spiro atoms. The fraction of sp³-hybridized carbons (Fsp3) is 0.500. The van der Waals surface area contributed by atoms with Gasteiger partial charge in [0.05, 0.1) is 5.69 Å². The minimum Gasteiger partial charge on any atom is -0.480 e. The normalized spacial score (nSPS) is 18.1. The van der Waals surface area contributed by atoms with Crippen molar-refractivity contribution in [2.75, 3.05) is 5.32 Å². The first kappa shape index (κ1) is 15.8. The second-order valence-corrected chi connectivity index (χ2v) is 6.93. The summed E-state index contributed by atoms with van der Waals surface area (Å²) in [7, 11) is -3.89. The number of para-hydroxylation sites is 1. The lowest BCUT2D eigenvalue weighted by atomic mass is 9.84. The van der Waals surface area contributed by atoms with Gasteiger partial charge in [-0.1, -0.05) is 31.4 Å². The summed E-state index contributed by atoms with van der Waals surface area (Å²) < 4.78 is 23.1. The molecule has 1 aliphatic carbocycles. The van der Waals surface area contributed by atoms with Crippen LogP contribution in [0.4, 0.5) is 5.69 Å². The molecule has 1 saturated carbocycles. The van der Waals surface area contributed by atoms with Gasteiger partial charge in [0.25, 0.3) is 0 Å². The highest BCUT2D eigenvalue weighted by atomic mass is 32.2. The number of rotatable bonds is 5. The standard InChI is InChI=1S/C14H20N2O4S/c15-21(19,20)12-9-5-4-8-11(12)16-13(14(17)18)10-6-2-1-3-7-10/h4-5,8-10,13,16H,1-3,6-7H2,(H,17,18)(H2,15,19,20). The second-order valence-electron chi connectivity index (χ2n) is 5.40. The van der Waals surface area contributed by atoms with Crippen LogP contribution in [-0.2, 0) is 14.8 Å². The van der Waals surface area contributed by atoms with Gasteiger partial charge in [-0.3, -0.25) is 0 Å². The van der Waals surface area contributed by atoms with E-state index in [2.05, 4.69) is 5.32 Å². The van der Waals surface area contributed by atoms with Crippen LogP contribution in [0.2, 0.25) is 0 Å². The Labute approximate surface area is 124 Å². The molecule has 0 aliphatic heterocycles. The first-order valence-electron chi connectivity index (χ1n) is 7.01. The zero-order chi connectivity index (χ0) is 15.5. The SMILES string of the molecule is NS(=O)(=O)c1ccccc1NC(C(=O)O)C1CCCCC1. The molecule has 6 nitrogen and oxygen atoms in total. The van der Waals surface area contributed by atoms with E-state index in [1.165, 1.54) is 6.07 Å². The van der Waals surface area contributed by atoms with Crippen LogP contribution in [0.5, 0.6) is 0 Å². The molecule has 1 atom stereocenters. The van der Waals surface area contributed by atoms with Crippen LogP contribution in [0.3, 0.4) is 0 Å². The molecule has 0 saturated heterocycles. The highest BCUT2D eigenvalue weighted by Crippen LogP contribution is 2.30. The molecule has 2 rings (SSSR count). The molecule has 1 unspecified atom stereocenters. The number of carbonyl (C=O) groups is 1. The van der Waals surface area contributed by atoms with E-state index in [1.807, 2.05) is 0 Å². The van der Waals surface area contributed by atoms with Gasteiger partial charge in [-0.25, -0.2) is 18.4 Å². The summed E-state index contributed by atoms with van der Waals surface area (Å²) in [4.78, 5) is 11.4. The van der Waals surface area contributed by atoms with Crippen molar-refractivity contribution in [2.45, 2.75) is 43.0 Å². The predicted molar refractivity (Wildman–Crippen MR) is 79.4 cm³/mol. The van der Waals surface area contributed by atoms with Gasteiger partial charge in [0.1, 0.15) is 10.9 Å². The van der Waals surface area contributed by atoms with Gasteiger partial charge in [-0.05, 0) is 30.9 Å². The largest absolute Gasteiger partial charge is 0.480 e. The lowest BCUT2D eigenvalue weighted by Gasteiger charge is -2.29. The number of carboxylic acids is 1. The van der Waals surface area contributed by atoms with Crippen LogP contribution in [0.25, 0.3) is 0 Å². The van der Waals surface area contributed by atoms with E-state index in [1.54, 1.807) is 18.2 Å². The maximum Gasteiger partial charge on any atom is 0.326 e. The Morgan fingerprint density at radius 1 is 1.24 bits per heavy atom. The predicted octanol–water partition coefficient (Wildman–Crippen LogP) is 1.78. The third-order valence-electron chi connectivity index (χ3n) is 3.89. The number of hydrogen-bond acceptors (Lipinski definition) is 4. The monoisotopic (exact) mass is 312 g/mol. The lowest BCUT2D eigenvalue weighted by Crippen LogP contribution is -2.38. The number of anilines is 1. The van der Waals surface area contributed by atoms with Crippen molar-refractivity contribution in [3.8, 4) is 0 Å². The number of carboxylic acid groups (broad SMARTS) is 1. The van der Waals surface area contributed by atoms with Gasteiger partial charge >= 0.3 is 5.97 Å². The van der Waals surface area contributed by atoms with E-state index in [0.29, 0.717) is 0 Å². The Morgan fingerprint density at radius 2 is 1.86 bits per heavy atom. The van der Waals surface area contributed by atoms with E-state index in [0.717, 1.165) is 32.1 Å². The zero-order valence-electron chi connectivity index (χ0n) is 11.7. The summed E-state index contributed by atoms with van der Waals surface area (Å²) in [5.74, 6) is -0.962.